The maximum atomic E-state index is 12.6. The van der Waals surface area contributed by atoms with Gasteiger partial charge in [-0.2, -0.15) is 0 Å². The summed E-state index contributed by atoms with van der Waals surface area (Å²) in [5.74, 6) is -0.428. The maximum absolute atomic E-state index is 12.6. The zero-order chi connectivity index (χ0) is 19.4. The number of halogens is 1. The molecule has 0 heterocycles. The molecule has 6 heteroatoms. The van der Waals surface area contributed by atoms with E-state index in [1.165, 1.54) is 0 Å². The molecule has 0 aromatic heterocycles. The Hall–Kier alpha value is -2.53. The molecule has 142 valence electrons. The van der Waals surface area contributed by atoms with E-state index in [2.05, 4.69) is 10.6 Å². The van der Waals surface area contributed by atoms with Crippen LogP contribution in [0.3, 0.4) is 0 Å². The lowest BCUT2D eigenvalue weighted by Gasteiger charge is -2.17. The van der Waals surface area contributed by atoms with Crippen LogP contribution >= 0.6 is 11.6 Å². The van der Waals surface area contributed by atoms with Crippen LogP contribution in [-0.2, 0) is 16.0 Å². The van der Waals surface area contributed by atoms with E-state index >= 15 is 0 Å². The van der Waals surface area contributed by atoms with Crippen LogP contribution in [0.4, 0.5) is 11.4 Å². The Kier molecular flexibility index (Phi) is 5.71. The second-order valence-corrected chi connectivity index (χ2v) is 7.55. The van der Waals surface area contributed by atoms with E-state index in [1.54, 1.807) is 0 Å². The lowest BCUT2D eigenvalue weighted by Crippen LogP contribution is -2.40. The molecule has 1 aliphatic rings. The quantitative estimate of drug-likeness (QED) is 0.717. The Morgan fingerprint density at radius 2 is 1.63 bits per heavy atom. The molecule has 2 aromatic carbocycles. The molecule has 2 amide bonds. The van der Waals surface area contributed by atoms with Crippen LogP contribution in [0.15, 0.2) is 48.5 Å². The van der Waals surface area contributed by atoms with Crippen molar-refractivity contribution in [1.29, 1.82) is 0 Å². The highest BCUT2D eigenvalue weighted by Gasteiger charge is 2.56. The van der Waals surface area contributed by atoms with E-state index in [0.29, 0.717) is 36.5 Å². The smallest absolute Gasteiger partial charge is 0.240 e. The number of nitrogens with zero attached hydrogens (tertiary/aromatic N) is 1. The largest absolute Gasteiger partial charge is 0.378 e. The zero-order valence-electron chi connectivity index (χ0n) is 15.6. The van der Waals surface area contributed by atoms with Crippen molar-refractivity contribution in [3.05, 3.63) is 59.1 Å². The molecule has 0 aliphatic heterocycles. The molecule has 0 atom stereocenters. The molecule has 0 radical (unpaired) electrons. The van der Waals surface area contributed by atoms with Gasteiger partial charge < -0.3 is 15.5 Å². The van der Waals surface area contributed by atoms with Gasteiger partial charge >= 0.3 is 0 Å². The van der Waals surface area contributed by atoms with Crippen molar-refractivity contribution in [2.24, 2.45) is 5.41 Å². The molecular formula is C21H24ClN3O2. The van der Waals surface area contributed by atoms with Crippen molar-refractivity contribution in [2.45, 2.75) is 19.3 Å². The summed E-state index contributed by atoms with van der Waals surface area (Å²) in [6, 6.07) is 15.1. The lowest BCUT2D eigenvalue weighted by molar-refractivity contribution is -0.134. The summed E-state index contributed by atoms with van der Waals surface area (Å²) in [5.41, 5.74) is 1.91. The summed E-state index contributed by atoms with van der Waals surface area (Å²) in [7, 11) is 3.92. The minimum Gasteiger partial charge on any atom is -0.378 e. The average molecular weight is 386 g/mol. The Balaban J connectivity index is 1.53. The van der Waals surface area contributed by atoms with Crippen LogP contribution in [0.25, 0.3) is 0 Å². The molecule has 0 bridgehead atoms. The van der Waals surface area contributed by atoms with Crippen molar-refractivity contribution >= 4 is 34.8 Å². The molecule has 0 unspecified atom stereocenters. The summed E-state index contributed by atoms with van der Waals surface area (Å²) in [6.45, 7) is 0.493. The molecule has 27 heavy (non-hydrogen) atoms. The first kappa shape index (κ1) is 19.2. The number of benzene rings is 2. The SMILES string of the molecule is CN(C)c1ccc(NC(=O)C2(C(=O)NCCc3ccc(Cl)cc3)CC2)cc1. The van der Waals surface area contributed by atoms with Crippen LogP contribution in [0.5, 0.6) is 0 Å². The molecule has 0 spiro atoms. The highest BCUT2D eigenvalue weighted by atomic mass is 35.5. The molecule has 5 nitrogen and oxygen atoms in total. The molecule has 3 rings (SSSR count). The Morgan fingerprint density at radius 1 is 1.00 bits per heavy atom. The Morgan fingerprint density at radius 3 is 2.19 bits per heavy atom. The molecule has 1 aliphatic carbocycles. The number of amides is 2. The molecule has 1 fully saturated rings. The van der Waals surface area contributed by atoms with Gasteiger partial charge in [0.05, 0.1) is 0 Å². The van der Waals surface area contributed by atoms with Gasteiger partial charge in [0.25, 0.3) is 0 Å². The summed E-state index contributed by atoms with van der Waals surface area (Å²) >= 11 is 5.87. The van der Waals surface area contributed by atoms with Crippen LogP contribution < -0.4 is 15.5 Å². The number of nitrogens with one attached hydrogen (secondary N) is 2. The van der Waals surface area contributed by atoms with E-state index in [9.17, 15) is 9.59 Å². The molecule has 2 aromatic rings. The fourth-order valence-corrected chi connectivity index (χ4v) is 3.04. The molecular weight excluding hydrogens is 362 g/mol. The van der Waals surface area contributed by atoms with Crippen LogP contribution in [-0.4, -0.2) is 32.5 Å². The van der Waals surface area contributed by atoms with E-state index in [1.807, 2.05) is 67.5 Å². The minimum atomic E-state index is -0.930. The first-order chi connectivity index (χ1) is 12.9. The number of rotatable bonds is 7. The van der Waals surface area contributed by atoms with Crippen LogP contribution in [0.2, 0.25) is 5.02 Å². The number of anilines is 2. The predicted molar refractivity (Wildman–Crippen MR) is 109 cm³/mol. The van der Waals surface area contributed by atoms with E-state index in [-0.39, 0.29) is 11.8 Å². The summed E-state index contributed by atoms with van der Waals surface area (Å²) in [4.78, 5) is 27.2. The Labute approximate surface area is 164 Å². The zero-order valence-corrected chi connectivity index (χ0v) is 16.3. The standard InChI is InChI=1S/C21H24ClN3O2/c1-25(2)18-9-7-17(8-10-18)24-20(27)21(12-13-21)19(26)23-14-11-15-3-5-16(22)6-4-15/h3-10H,11-14H2,1-2H3,(H,23,26)(H,24,27). The average Bonchev–Trinajstić information content (AvgIpc) is 3.46. The van der Waals surface area contributed by atoms with Crippen molar-refractivity contribution in [2.75, 3.05) is 30.9 Å². The van der Waals surface area contributed by atoms with Crippen molar-refractivity contribution in [3.8, 4) is 0 Å². The van der Waals surface area contributed by atoms with Gasteiger partial charge in [-0.15, -0.1) is 0 Å². The fourth-order valence-electron chi connectivity index (χ4n) is 2.92. The minimum absolute atomic E-state index is 0.195. The van der Waals surface area contributed by atoms with E-state index < -0.39 is 5.41 Å². The first-order valence-corrected chi connectivity index (χ1v) is 9.40. The summed E-state index contributed by atoms with van der Waals surface area (Å²) in [5, 5.41) is 6.46. The van der Waals surface area contributed by atoms with Crippen LogP contribution in [0, 0.1) is 5.41 Å². The fraction of sp³-hybridized carbons (Fsp3) is 0.333. The van der Waals surface area contributed by atoms with Crippen molar-refractivity contribution in [1.82, 2.24) is 5.32 Å². The molecule has 2 N–H and O–H groups in total. The molecule has 0 saturated heterocycles. The monoisotopic (exact) mass is 385 g/mol. The number of carbonyl (C=O) groups excluding carboxylic acids is 2. The van der Waals surface area contributed by atoms with Gasteiger partial charge in [-0.05, 0) is 61.2 Å². The number of carbonyl (C=O) groups is 2. The third kappa shape index (κ3) is 4.61. The normalized spacial score (nSPS) is 14.3. The topological polar surface area (TPSA) is 61.4 Å². The van der Waals surface area contributed by atoms with Crippen molar-refractivity contribution < 1.29 is 9.59 Å². The van der Waals surface area contributed by atoms with Gasteiger partial charge in [-0.1, -0.05) is 23.7 Å². The summed E-state index contributed by atoms with van der Waals surface area (Å²) < 4.78 is 0. The van der Waals surface area contributed by atoms with Gasteiger partial charge in [0.2, 0.25) is 11.8 Å². The third-order valence-corrected chi connectivity index (χ3v) is 5.13. The Bertz CT molecular complexity index is 812. The van der Waals surface area contributed by atoms with Crippen molar-refractivity contribution in [3.63, 3.8) is 0 Å². The second kappa shape index (κ2) is 8.01. The van der Waals surface area contributed by atoms with Gasteiger partial charge in [0.1, 0.15) is 5.41 Å². The maximum Gasteiger partial charge on any atom is 0.240 e. The third-order valence-electron chi connectivity index (χ3n) is 4.87. The lowest BCUT2D eigenvalue weighted by atomic mass is 10.0. The van der Waals surface area contributed by atoms with Crippen LogP contribution in [0.1, 0.15) is 18.4 Å². The number of hydrogen-bond acceptors (Lipinski definition) is 3. The first-order valence-electron chi connectivity index (χ1n) is 9.02. The predicted octanol–water partition coefficient (Wildman–Crippen LogP) is 3.48. The van der Waals surface area contributed by atoms with E-state index in [0.717, 1.165) is 11.3 Å². The highest BCUT2D eigenvalue weighted by molar-refractivity contribution is 6.30. The van der Waals surface area contributed by atoms with Gasteiger partial charge in [-0.25, -0.2) is 0 Å². The highest BCUT2D eigenvalue weighted by Crippen LogP contribution is 2.46. The number of hydrogen-bond donors (Lipinski definition) is 2. The van der Waals surface area contributed by atoms with E-state index in [4.69, 9.17) is 11.6 Å². The molecule has 1 saturated carbocycles. The summed E-state index contributed by atoms with van der Waals surface area (Å²) in [6.07, 6.45) is 1.87. The van der Waals surface area contributed by atoms with Gasteiger partial charge in [0, 0.05) is 37.0 Å². The van der Waals surface area contributed by atoms with Gasteiger partial charge in [0.15, 0.2) is 0 Å². The second-order valence-electron chi connectivity index (χ2n) is 7.11. The van der Waals surface area contributed by atoms with Gasteiger partial charge in [-0.3, -0.25) is 9.59 Å².